The molecule has 1 aliphatic rings. The van der Waals surface area contributed by atoms with Crippen molar-refractivity contribution in [3.05, 3.63) is 77.4 Å². The second-order valence-electron chi connectivity index (χ2n) is 7.85. The molecule has 0 aromatic heterocycles. The molecular formula is C25H28N2O3S. The molecule has 1 heterocycles. The van der Waals surface area contributed by atoms with Gasteiger partial charge in [0.2, 0.25) is 0 Å². The first-order valence-electron chi connectivity index (χ1n) is 10.3. The summed E-state index contributed by atoms with van der Waals surface area (Å²) in [5.41, 5.74) is 6.14. The number of carbonyl (C=O) groups excluding carboxylic acids is 1. The number of nitrogens with zero attached hydrogens (tertiary/aromatic N) is 1. The van der Waals surface area contributed by atoms with Gasteiger partial charge in [0, 0.05) is 47.8 Å². The summed E-state index contributed by atoms with van der Waals surface area (Å²) >= 11 is 0. The fourth-order valence-electron chi connectivity index (χ4n) is 3.49. The summed E-state index contributed by atoms with van der Waals surface area (Å²) in [6, 6.07) is 18.3. The Kier molecular flexibility index (Phi) is 7.80. The Morgan fingerprint density at radius 2 is 1.77 bits per heavy atom. The number of nitrogens with one attached hydrogen (secondary N) is 1. The summed E-state index contributed by atoms with van der Waals surface area (Å²) in [5, 5.41) is 8.96. The van der Waals surface area contributed by atoms with Crippen LogP contribution in [0.15, 0.2) is 60.7 Å². The minimum atomic E-state index is -1.38. The number of amides is 1. The van der Waals surface area contributed by atoms with Gasteiger partial charge in [0.25, 0.3) is 5.91 Å². The second kappa shape index (κ2) is 10.5. The Labute approximate surface area is 186 Å². The van der Waals surface area contributed by atoms with Crippen molar-refractivity contribution in [2.24, 2.45) is 0 Å². The minimum absolute atomic E-state index is 0.417. The van der Waals surface area contributed by atoms with Gasteiger partial charge in [0.1, 0.15) is 4.75 Å². The molecule has 0 fully saturated rings. The van der Waals surface area contributed by atoms with Gasteiger partial charge >= 0.3 is 0 Å². The molecule has 0 spiro atoms. The highest BCUT2D eigenvalue weighted by molar-refractivity contribution is 7.86. The van der Waals surface area contributed by atoms with E-state index >= 15 is 0 Å². The van der Waals surface area contributed by atoms with E-state index in [0.717, 1.165) is 30.6 Å². The Hall–Kier alpha value is -2.72. The molecule has 0 radical (unpaired) electrons. The molecule has 2 aromatic carbocycles. The Morgan fingerprint density at radius 1 is 1.13 bits per heavy atom. The highest BCUT2D eigenvalue weighted by Crippen LogP contribution is 2.24. The molecule has 0 bridgehead atoms. The summed E-state index contributed by atoms with van der Waals surface area (Å²) in [4.78, 5) is 14.2. The van der Waals surface area contributed by atoms with Gasteiger partial charge in [-0.1, -0.05) is 48.2 Å². The van der Waals surface area contributed by atoms with Gasteiger partial charge in [-0.2, -0.15) is 0 Å². The number of rotatable bonds is 6. The molecule has 1 aliphatic heterocycles. The van der Waals surface area contributed by atoms with E-state index < -0.39 is 21.5 Å². The van der Waals surface area contributed by atoms with Gasteiger partial charge < -0.3 is 0 Å². The molecule has 5 nitrogen and oxygen atoms in total. The molecule has 2 aromatic rings. The third-order valence-electron chi connectivity index (χ3n) is 5.80. The maximum atomic E-state index is 12.0. The van der Waals surface area contributed by atoms with Gasteiger partial charge in [-0.05, 0) is 55.2 Å². The summed E-state index contributed by atoms with van der Waals surface area (Å²) in [6.45, 7) is 3.91. The molecule has 2 atom stereocenters. The van der Waals surface area contributed by atoms with Gasteiger partial charge in [0.15, 0.2) is 0 Å². The van der Waals surface area contributed by atoms with Crippen LogP contribution >= 0.6 is 0 Å². The Morgan fingerprint density at radius 3 is 2.32 bits per heavy atom. The van der Waals surface area contributed by atoms with Crippen LogP contribution in [-0.2, 0) is 15.6 Å². The molecule has 2 unspecified atom stereocenters. The molecule has 6 heteroatoms. The van der Waals surface area contributed by atoms with E-state index in [1.165, 1.54) is 17.4 Å². The summed E-state index contributed by atoms with van der Waals surface area (Å²) in [5.74, 6) is 5.77. The third kappa shape index (κ3) is 5.92. The predicted molar refractivity (Wildman–Crippen MR) is 125 cm³/mol. The van der Waals surface area contributed by atoms with Crippen LogP contribution in [0.1, 0.15) is 36.5 Å². The molecule has 162 valence electrons. The smallest absolute Gasteiger partial charge is 0.261 e. The summed E-state index contributed by atoms with van der Waals surface area (Å²) in [7, 11) is -1.38. The Bertz CT molecular complexity index is 1020. The first-order chi connectivity index (χ1) is 14.9. The van der Waals surface area contributed by atoms with Crippen molar-refractivity contribution >= 4 is 22.3 Å². The lowest BCUT2D eigenvalue weighted by Crippen LogP contribution is -2.48. The van der Waals surface area contributed by atoms with E-state index in [1.54, 1.807) is 12.4 Å². The van der Waals surface area contributed by atoms with E-state index in [2.05, 4.69) is 34.9 Å². The topological polar surface area (TPSA) is 69.6 Å². The molecule has 3 rings (SSSR count). The number of benzene rings is 2. The monoisotopic (exact) mass is 436 g/mol. The van der Waals surface area contributed by atoms with Crippen molar-refractivity contribution in [3.63, 3.8) is 0 Å². The summed E-state index contributed by atoms with van der Waals surface area (Å²) in [6.07, 6.45) is 5.03. The van der Waals surface area contributed by atoms with E-state index in [4.69, 9.17) is 5.21 Å². The fourth-order valence-corrected chi connectivity index (χ4v) is 4.17. The number of hydrogen-bond donors (Lipinski definition) is 2. The molecule has 0 saturated heterocycles. The highest BCUT2D eigenvalue weighted by atomic mass is 32.2. The maximum absolute atomic E-state index is 12.0. The first-order valence-corrected chi connectivity index (χ1v) is 11.8. The molecule has 0 saturated carbocycles. The SMILES string of the molecule is CS(=O)C(C)(CCN1CC=C(c2ccc(C#Cc3ccccc3)cc2)CC1)C(=O)NO. The number of hydroxylamine groups is 1. The van der Waals surface area contributed by atoms with Crippen LogP contribution in [0.4, 0.5) is 0 Å². The average molecular weight is 437 g/mol. The lowest BCUT2D eigenvalue weighted by Gasteiger charge is -2.31. The van der Waals surface area contributed by atoms with Crippen molar-refractivity contribution in [1.82, 2.24) is 10.4 Å². The normalized spacial score (nSPS) is 16.9. The van der Waals surface area contributed by atoms with E-state index in [9.17, 15) is 9.00 Å². The molecule has 31 heavy (non-hydrogen) atoms. The van der Waals surface area contributed by atoms with Gasteiger partial charge in [-0.25, -0.2) is 5.48 Å². The zero-order valence-electron chi connectivity index (χ0n) is 17.9. The molecular weight excluding hydrogens is 408 g/mol. The van der Waals surface area contributed by atoms with Crippen molar-refractivity contribution in [1.29, 1.82) is 0 Å². The van der Waals surface area contributed by atoms with Crippen molar-refractivity contribution in [2.75, 3.05) is 25.9 Å². The molecule has 0 aliphatic carbocycles. The lowest BCUT2D eigenvalue weighted by atomic mass is 9.97. The van der Waals surface area contributed by atoms with Crippen molar-refractivity contribution in [3.8, 4) is 11.8 Å². The standard InChI is InChI=1S/C25H28N2O3S/c1-25(31(2)30,24(28)26-29)16-19-27-17-14-23(15-18-27)22-12-10-21(11-13-22)9-8-20-6-4-3-5-7-20/h3-7,10-14,29H,15-19H2,1-2H3,(H,26,28). The van der Waals surface area contributed by atoms with Crippen LogP contribution in [0.2, 0.25) is 0 Å². The lowest BCUT2D eigenvalue weighted by molar-refractivity contribution is -0.131. The van der Waals surface area contributed by atoms with Crippen LogP contribution < -0.4 is 5.48 Å². The van der Waals surface area contributed by atoms with Crippen LogP contribution in [0, 0.1) is 11.8 Å². The summed E-state index contributed by atoms with van der Waals surface area (Å²) < 4.78 is 10.9. The van der Waals surface area contributed by atoms with Gasteiger partial charge in [-0.3, -0.25) is 19.1 Å². The first kappa shape index (κ1) is 23.0. The van der Waals surface area contributed by atoms with Gasteiger partial charge in [-0.15, -0.1) is 0 Å². The van der Waals surface area contributed by atoms with E-state index in [0.29, 0.717) is 13.0 Å². The largest absolute Gasteiger partial charge is 0.299 e. The van der Waals surface area contributed by atoms with Crippen LogP contribution in [0.5, 0.6) is 0 Å². The second-order valence-corrected chi connectivity index (χ2v) is 9.66. The zero-order chi connectivity index (χ0) is 22.3. The van der Waals surface area contributed by atoms with E-state index in [1.807, 2.05) is 42.5 Å². The average Bonchev–Trinajstić information content (AvgIpc) is 2.82. The van der Waals surface area contributed by atoms with Gasteiger partial charge in [0.05, 0.1) is 0 Å². The quantitative estimate of drug-likeness (QED) is 0.415. The highest BCUT2D eigenvalue weighted by Gasteiger charge is 2.37. The molecule has 1 amide bonds. The predicted octanol–water partition coefficient (Wildman–Crippen LogP) is 3.21. The fraction of sp³-hybridized carbons (Fsp3) is 0.320. The zero-order valence-corrected chi connectivity index (χ0v) is 18.7. The van der Waals surface area contributed by atoms with Crippen LogP contribution in [0.25, 0.3) is 5.57 Å². The van der Waals surface area contributed by atoms with E-state index in [-0.39, 0.29) is 0 Å². The van der Waals surface area contributed by atoms with Crippen molar-refractivity contribution in [2.45, 2.75) is 24.5 Å². The third-order valence-corrected chi connectivity index (χ3v) is 7.45. The number of carbonyl (C=O) groups is 1. The number of hydrogen-bond acceptors (Lipinski definition) is 4. The molecule has 2 N–H and O–H groups in total. The van der Waals surface area contributed by atoms with Crippen molar-refractivity contribution < 1.29 is 14.2 Å². The minimum Gasteiger partial charge on any atom is -0.299 e. The maximum Gasteiger partial charge on any atom is 0.261 e. The van der Waals surface area contributed by atoms with Crippen LogP contribution in [0.3, 0.4) is 0 Å². The van der Waals surface area contributed by atoms with Crippen LogP contribution in [-0.4, -0.2) is 50.9 Å². The Balaban J connectivity index is 1.58.